The van der Waals surface area contributed by atoms with Crippen molar-refractivity contribution in [3.63, 3.8) is 0 Å². The summed E-state index contributed by atoms with van der Waals surface area (Å²) in [6, 6.07) is 20.9. The number of carbonyl (C=O) groups is 1. The standard InChI is InChI=1S/C20H19NO3/c1-20(23,14-21-19(22)18-8-5-13-24-18)17-11-9-16(10-12-17)15-6-3-2-4-7-15/h2-13,23H,14H2,1H3,(H,21,22)/t20-/m1/s1. The minimum Gasteiger partial charge on any atom is -0.459 e. The third-order valence-electron chi connectivity index (χ3n) is 3.95. The van der Waals surface area contributed by atoms with Gasteiger partial charge in [0.05, 0.1) is 12.8 Å². The van der Waals surface area contributed by atoms with E-state index in [0.29, 0.717) is 0 Å². The van der Waals surface area contributed by atoms with Crippen LogP contribution in [-0.2, 0) is 5.60 Å². The monoisotopic (exact) mass is 321 g/mol. The van der Waals surface area contributed by atoms with E-state index in [2.05, 4.69) is 5.32 Å². The molecule has 0 radical (unpaired) electrons. The van der Waals surface area contributed by atoms with Crippen LogP contribution in [0.1, 0.15) is 23.0 Å². The average molecular weight is 321 g/mol. The molecule has 0 unspecified atom stereocenters. The number of hydrogen-bond acceptors (Lipinski definition) is 3. The Balaban J connectivity index is 1.69. The smallest absolute Gasteiger partial charge is 0.287 e. The summed E-state index contributed by atoms with van der Waals surface area (Å²) in [5.74, 6) is -0.119. The predicted octanol–water partition coefficient (Wildman–Crippen LogP) is 3.58. The summed E-state index contributed by atoms with van der Waals surface area (Å²) >= 11 is 0. The van der Waals surface area contributed by atoms with Crippen LogP contribution >= 0.6 is 0 Å². The predicted molar refractivity (Wildman–Crippen MR) is 92.5 cm³/mol. The van der Waals surface area contributed by atoms with E-state index in [4.69, 9.17) is 4.42 Å². The number of rotatable bonds is 5. The molecule has 0 fully saturated rings. The molecule has 122 valence electrons. The van der Waals surface area contributed by atoms with Crippen LogP contribution in [0, 0.1) is 0 Å². The minimum absolute atomic E-state index is 0.0945. The first-order valence-corrected chi connectivity index (χ1v) is 7.76. The van der Waals surface area contributed by atoms with Gasteiger partial charge in [-0.3, -0.25) is 4.79 Å². The highest BCUT2D eigenvalue weighted by molar-refractivity contribution is 5.91. The third kappa shape index (κ3) is 3.55. The van der Waals surface area contributed by atoms with Crippen molar-refractivity contribution in [2.24, 2.45) is 0 Å². The fourth-order valence-corrected chi connectivity index (χ4v) is 2.50. The van der Waals surface area contributed by atoms with E-state index >= 15 is 0 Å². The molecule has 4 heteroatoms. The molecule has 0 aliphatic heterocycles. The van der Waals surface area contributed by atoms with E-state index in [9.17, 15) is 9.90 Å². The van der Waals surface area contributed by atoms with E-state index in [1.807, 2.05) is 54.6 Å². The molecule has 1 amide bonds. The molecular formula is C20H19NO3. The maximum Gasteiger partial charge on any atom is 0.287 e. The Bertz CT molecular complexity index is 791. The largest absolute Gasteiger partial charge is 0.459 e. The maximum absolute atomic E-state index is 11.9. The molecule has 0 saturated heterocycles. The molecule has 0 bridgehead atoms. The lowest BCUT2D eigenvalue weighted by Crippen LogP contribution is -2.38. The summed E-state index contributed by atoms with van der Waals surface area (Å²) in [4.78, 5) is 11.9. The fourth-order valence-electron chi connectivity index (χ4n) is 2.50. The average Bonchev–Trinajstić information content (AvgIpc) is 3.15. The molecule has 24 heavy (non-hydrogen) atoms. The molecule has 3 rings (SSSR count). The van der Waals surface area contributed by atoms with E-state index in [1.54, 1.807) is 19.1 Å². The molecule has 0 spiro atoms. The quantitative estimate of drug-likeness (QED) is 0.755. The highest BCUT2D eigenvalue weighted by Gasteiger charge is 2.24. The molecular weight excluding hydrogens is 302 g/mol. The van der Waals surface area contributed by atoms with Gasteiger partial charge in [0.1, 0.15) is 5.60 Å². The lowest BCUT2D eigenvalue weighted by Gasteiger charge is -2.24. The van der Waals surface area contributed by atoms with Gasteiger partial charge in [0, 0.05) is 0 Å². The molecule has 3 aromatic rings. The maximum atomic E-state index is 11.9. The molecule has 0 saturated carbocycles. The summed E-state index contributed by atoms with van der Waals surface area (Å²) < 4.78 is 5.04. The summed E-state index contributed by atoms with van der Waals surface area (Å²) in [6.07, 6.45) is 1.44. The second-order valence-electron chi connectivity index (χ2n) is 5.88. The van der Waals surface area contributed by atoms with Gasteiger partial charge in [0.15, 0.2) is 5.76 Å². The number of benzene rings is 2. The van der Waals surface area contributed by atoms with Crippen LogP contribution in [0.2, 0.25) is 0 Å². The first kappa shape index (κ1) is 16.0. The molecule has 0 aliphatic carbocycles. The Labute approximate surface area is 140 Å². The second kappa shape index (κ2) is 6.72. The fraction of sp³-hybridized carbons (Fsp3) is 0.150. The molecule has 1 aromatic heterocycles. The van der Waals surface area contributed by atoms with E-state index in [0.717, 1.165) is 16.7 Å². The van der Waals surface area contributed by atoms with Gasteiger partial charge in [-0.25, -0.2) is 0 Å². The Morgan fingerprint density at radius 2 is 1.67 bits per heavy atom. The zero-order chi connectivity index (χ0) is 17.0. The van der Waals surface area contributed by atoms with Crippen LogP contribution in [0.4, 0.5) is 0 Å². The van der Waals surface area contributed by atoms with E-state index in [1.165, 1.54) is 6.26 Å². The number of aliphatic hydroxyl groups is 1. The first-order chi connectivity index (χ1) is 11.6. The van der Waals surface area contributed by atoms with Crippen molar-refractivity contribution >= 4 is 5.91 Å². The summed E-state index contributed by atoms with van der Waals surface area (Å²) in [5.41, 5.74) is 1.77. The zero-order valence-corrected chi connectivity index (χ0v) is 13.4. The van der Waals surface area contributed by atoms with Gasteiger partial charge < -0.3 is 14.8 Å². The lowest BCUT2D eigenvalue weighted by molar-refractivity contribution is 0.0519. The number of hydrogen-bond donors (Lipinski definition) is 2. The van der Waals surface area contributed by atoms with E-state index < -0.39 is 5.60 Å². The topological polar surface area (TPSA) is 62.5 Å². The minimum atomic E-state index is -1.17. The van der Waals surface area contributed by atoms with Crippen LogP contribution in [0.3, 0.4) is 0 Å². The Morgan fingerprint density at radius 1 is 1.00 bits per heavy atom. The van der Waals surface area contributed by atoms with Gasteiger partial charge in [0.25, 0.3) is 5.91 Å². The molecule has 1 atom stereocenters. The summed E-state index contributed by atoms with van der Waals surface area (Å²) in [7, 11) is 0. The summed E-state index contributed by atoms with van der Waals surface area (Å²) in [5, 5.41) is 13.3. The zero-order valence-electron chi connectivity index (χ0n) is 13.4. The van der Waals surface area contributed by atoms with Crippen LogP contribution < -0.4 is 5.32 Å². The Morgan fingerprint density at radius 3 is 2.29 bits per heavy atom. The van der Waals surface area contributed by atoms with Crippen molar-refractivity contribution in [3.05, 3.63) is 84.3 Å². The number of amides is 1. The second-order valence-corrected chi connectivity index (χ2v) is 5.88. The summed E-state index contributed by atoms with van der Waals surface area (Å²) in [6.45, 7) is 1.77. The first-order valence-electron chi connectivity index (χ1n) is 7.76. The van der Waals surface area contributed by atoms with E-state index in [-0.39, 0.29) is 18.2 Å². The van der Waals surface area contributed by atoms with Crippen LogP contribution in [0.5, 0.6) is 0 Å². The molecule has 0 aliphatic rings. The number of carbonyl (C=O) groups excluding carboxylic acids is 1. The number of furan rings is 1. The van der Waals surface area contributed by atoms with Crippen molar-refractivity contribution in [3.8, 4) is 11.1 Å². The number of nitrogens with one attached hydrogen (secondary N) is 1. The molecule has 2 N–H and O–H groups in total. The van der Waals surface area contributed by atoms with Crippen LogP contribution in [0.25, 0.3) is 11.1 Å². The highest BCUT2D eigenvalue weighted by Crippen LogP contribution is 2.24. The van der Waals surface area contributed by atoms with Crippen molar-refractivity contribution in [2.45, 2.75) is 12.5 Å². The highest BCUT2D eigenvalue weighted by atomic mass is 16.3. The lowest BCUT2D eigenvalue weighted by atomic mass is 9.93. The Kier molecular flexibility index (Phi) is 4.49. The van der Waals surface area contributed by atoms with Gasteiger partial charge in [-0.2, -0.15) is 0 Å². The van der Waals surface area contributed by atoms with Crippen LogP contribution in [-0.4, -0.2) is 17.6 Å². The van der Waals surface area contributed by atoms with Crippen molar-refractivity contribution in [2.75, 3.05) is 6.54 Å². The van der Waals surface area contributed by atoms with Gasteiger partial charge in [-0.15, -0.1) is 0 Å². The molecule has 2 aromatic carbocycles. The van der Waals surface area contributed by atoms with Gasteiger partial charge in [-0.05, 0) is 35.7 Å². The SMILES string of the molecule is C[C@@](O)(CNC(=O)c1ccco1)c1ccc(-c2ccccc2)cc1. The van der Waals surface area contributed by atoms with Crippen molar-refractivity contribution < 1.29 is 14.3 Å². The normalized spacial score (nSPS) is 13.2. The molecule has 4 nitrogen and oxygen atoms in total. The van der Waals surface area contributed by atoms with Crippen molar-refractivity contribution in [1.29, 1.82) is 0 Å². The van der Waals surface area contributed by atoms with Crippen LogP contribution in [0.15, 0.2) is 77.4 Å². The molecule has 1 heterocycles. The van der Waals surface area contributed by atoms with Gasteiger partial charge in [0.2, 0.25) is 0 Å². The van der Waals surface area contributed by atoms with Crippen molar-refractivity contribution in [1.82, 2.24) is 5.32 Å². The van der Waals surface area contributed by atoms with Gasteiger partial charge >= 0.3 is 0 Å². The Hall–Kier alpha value is -2.85. The third-order valence-corrected chi connectivity index (χ3v) is 3.95. The van der Waals surface area contributed by atoms with Gasteiger partial charge in [-0.1, -0.05) is 54.6 Å².